The maximum atomic E-state index is 11.4. The lowest BCUT2D eigenvalue weighted by atomic mass is 10.1. The van der Waals surface area contributed by atoms with Crippen molar-refractivity contribution < 1.29 is 13.9 Å². The molecule has 4 heteroatoms. The van der Waals surface area contributed by atoms with Crippen LogP contribution in [-0.4, -0.2) is 13.1 Å². The lowest BCUT2D eigenvalue weighted by molar-refractivity contribution is 0.0563. The minimum atomic E-state index is -0.445. The molecule has 0 fully saturated rings. The van der Waals surface area contributed by atoms with E-state index >= 15 is 0 Å². The molecule has 2 aromatic rings. The van der Waals surface area contributed by atoms with Gasteiger partial charge in [-0.05, 0) is 56.2 Å². The van der Waals surface area contributed by atoms with Crippen LogP contribution in [0.15, 0.2) is 39.6 Å². The van der Waals surface area contributed by atoms with Crippen LogP contribution in [0.25, 0.3) is 0 Å². The highest BCUT2D eigenvalue weighted by Crippen LogP contribution is 2.36. The van der Waals surface area contributed by atoms with Crippen LogP contribution < -0.4 is 0 Å². The zero-order chi connectivity index (χ0) is 14.7. The maximum absolute atomic E-state index is 11.4. The molecule has 106 valence electrons. The Bertz CT molecular complexity index is 616. The lowest BCUT2D eigenvalue weighted by Crippen LogP contribution is -1.98. The number of ether oxygens (including phenoxy) is 1. The first kappa shape index (κ1) is 14.7. The quantitative estimate of drug-likeness (QED) is 0.612. The van der Waals surface area contributed by atoms with Crippen molar-refractivity contribution in [3.05, 3.63) is 53.0 Å². The summed E-state index contributed by atoms with van der Waals surface area (Å²) in [6, 6.07) is 9.87. The van der Waals surface area contributed by atoms with E-state index < -0.39 is 5.97 Å². The van der Waals surface area contributed by atoms with Gasteiger partial charge in [0.2, 0.25) is 5.76 Å². The second kappa shape index (κ2) is 6.18. The van der Waals surface area contributed by atoms with Gasteiger partial charge in [0.1, 0.15) is 5.76 Å². The number of rotatable bonds is 4. The van der Waals surface area contributed by atoms with Crippen LogP contribution >= 0.6 is 11.8 Å². The number of esters is 1. The van der Waals surface area contributed by atoms with Gasteiger partial charge >= 0.3 is 5.97 Å². The fourth-order valence-electron chi connectivity index (χ4n) is 1.83. The third kappa shape index (κ3) is 3.25. The molecule has 0 saturated carbocycles. The molecule has 0 bridgehead atoms. The van der Waals surface area contributed by atoms with E-state index in [1.807, 2.05) is 6.07 Å². The predicted molar refractivity (Wildman–Crippen MR) is 80.2 cm³/mol. The first-order chi connectivity index (χ1) is 9.51. The molecular weight excluding hydrogens is 272 g/mol. The summed E-state index contributed by atoms with van der Waals surface area (Å²) in [5.74, 6) is 0.572. The number of furan rings is 1. The summed E-state index contributed by atoms with van der Waals surface area (Å²) < 4.78 is 10.2. The Labute approximate surface area is 123 Å². The summed E-state index contributed by atoms with van der Waals surface area (Å²) in [7, 11) is 1.35. The van der Waals surface area contributed by atoms with Crippen LogP contribution in [0.4, 0.5) is 0 Å². The molecule has 20 heavy (non-hydrogen) atoms. The number of aryl methyl sites for hydroxylation is 2. The Balaban J connectivity index is 2.11. The van der Waals surface area contributed by atoms with Gasteiger partial charge in [-0.3, -0.25) is 0 Å². The maximum Gasteiger partial charge on any atom is 0.373 e. The number of benzene rings is 1. The lowest BCUT2D eigenvalue weighted by Gasteiger charge is -2.10. The molecule has 0 amide bonds. The first-order valence-electron chi connectivity index (χ1n) is 6.43. The smallest absolute Gasteiger partial charge is 0.373 e. The zero-order valence-electron chi connectivity index (χ0n) is 12.1. The molecule has 3 nitrogen and oxygen atoms in total. The average molecular weight is 290 g/mol. The molecule has 0 radical (unpaired) electrons. The van der Waals surface area contributed by atoms with Crippen LogP contribution in [0, 0.1) is 13.8 Å². The van der Waals surface area contributed by atoms with E-state index in [1.165, 1.54) is 23.1 Å². The summed E-state index contributed by atoms with van der Waals surface area (Å²) in [6.07, 6.45) is 0. The van der Waals surface area contributed by atoms with Crippen molar-refractivity contribution >= 4 is 17.7 Å². The van der Waals surface area contributed by atoms with Crippen LogP contribution in [0.5, 0.6) is 0 Å². The van der Waals surface area contributed by atoms with Gasteiger partial charge in [0, 0.05) is 4.90 Å². The molecule has 0 aliphatic heterocycles. The standard InChI is InChI=1S/C16H18O3S/c1-10-5-6-13(9-11(10)2)20-12(3)14-7-8-15(19-14)16(17)18-4/h5-9,12H,1-4H3. The van der Waals surface area contributed by atoms with E-state index in [2.05, 4.69) is 43.7 Å². The Morgan fingerprint density at radius 1 is 1.20 bits per heavy atom. The molecule has 1 atom stereocenters. The second-order valence-electron chi connectivity index (χ2n) is 4.70. The average Bonchev–Trinajstić information content (AvgIpc) is 2.92. The van der Waals surface area contributed by atoms with E-state index in [4.69, 9.17) is 4.42 Å². The molecular formula is C16H18O3S. The predicted octanol–water partition coefficient (Wildman–Crippen LogP) is 4.54. The monoisotopic (exact) mass is 290 g/mol. The molecule has 0 N–H and O–H groups in total. The van der Waals surface area contributed by atoms with Gasteiger partial charge in [0.25, 0.3) is 0 Å². The summed E-state index contributed by atoms with van der Waals surface area (Å²) in [4.78, 5) is 12.6. The number of methoxy groups -OCH3 is 1. The van der Waals surface area contributed by atoms with Crippen LogP contribution in [0.2, 0.25) is 0 Å². The van der Waals surface area contributed by atoms with Crippen molar-refractivity contribution in [1.82, 2.24) is 0 Å². The highest BCUT2D eigenvalue weighted by atomic mass is 32.2. The van der Waals surface area contributed by atoms with Crippen LogP contribution in [0.1, 0.15) is 39.6 Å². The highest BCUT2D eigenvalue weighted by Gasteiger charge is 2.16. The fraction of sp³-hybridized carbons (Fsp3) is 0.312. The number of thioether (sulfide) groups is 1. The minimum absolute atomic E-state index is 0.135. The van der Waals surface area contributed by atoms with Gasteiger partial charge in [-0.15, -0.1) is 11.8 Å². The van der Waals surface area contributed by atoms with E-state index in [0.29, 0.717) is 0 Å². The number of carbonyl (C=O) groups is 1. The number of hydrogen-bond acceptors (Lipinski definition) is 4. The Kier molecular flexibility index (Phi) is 4.55. The van der Waals surface area contributed by atoms with E-state index in [9.17, 15) is 4.79 Å². The van der Waals surface area contributed by atoms with Gasteiger partial charge < -0.3 is 9.15 Å². The molecule has 0 spiro atoms. The summed E-state index contributed by atoms with van der Waals surface area (Å²) in [6.45, 7) is 6.26. The molecule has 1 aromatic heterocycles. The number of carbonyl (C=O) groups excluding carboxylic acids is 1. The third-order valence-electron chi connectivity index (χ3n) is 3.21. The Hall–Kier alpha value is -1.68. The molecule has 1 heterocycles. The van der Waals surface area contributed by atoms with Crippen LogP contribution in [0.3, 0.4) is 0 Å². The SMILES string of the molecule is COC(=O)c1ccc(C(C)Sc2ccc(C)c(C)c2)o1. The summed E-state index contributed by atoms with van der Waals surface area (Å²) in [5, 5.41) is 0.135. The molecule has 0 aliphatic carbocycles. The zero-order valence-corrected chi connectivity index (χ0v) is 12.9. The topological polar surface area (TPSA) is 39.4 Å². The molecule has 2 rings (SSSR count). The van der Waals surface area contributed by atoms with Crippen LogP contribution in [-0.2, 0) is 4.74 Å². The van der Waals surface area contributed by atoms with Crippen molar-refractivity contribution in [3.8, 4) is 0 Å². The van der Waals surface area contributed by atoms with Crippen molar-refractivity contribution in [3.63, 3.8) is 0 Å². The molecule has 0 saturated heterocycles. The molecule has 1 unspecified atom stereocenters. The van der Waals surface area contributed by atoms with Gasteiger partial charge in [-0.1, -0.05) is 6.07 Å². The fourth-order valence-corrected chi connectivity index (χ4v) is 2.87. The highest BCUT2D eigenvalue weighted by molar-refractivity contribution is 7.99. The van der Waals surface area contributed by atoms with Crippen molar-refractivity contribution in [2.75, 3.05) is 7.11 Å². The van der Waals surface area contributed by atoms with Crippen molar-refractivity contribution in [2.45, 2.75) is 30.9 Å². The van der Waals surface area contributed by atoms with Crippen molar-refractivity contribution in [2.24, 2.45) is 0 Å². The molecule has 0 aliphatic rings. The summed E-state index contributed by atoms with van der Waals surface area (Å²) in [5.41, 5.74) is 2.56. The Morgan fingerprint density at radius 2 is 1.95 bits per heavy atom. The van der Waals surface area contributed by atoms with Gasteiger partial charge in [-0.2, -0.15) is 0 Å². The van der Waals surface area contributed by atoms with Gasteiger partial charge in [0.05, 0.1) is 12.4 Å². The normalized spacial score (nSPS) is 12.2. The third-order valence-corrected chi connectivity index (χ3v) is 4.32. The van der Waals surface area contributed by atoms with E-state index in [0.717, 1.165) is 5.76 Å². The molecule has 1 aromatic carbocycles. The first-order valence-corrected chi connectivity index (χ1v) is 7.31. The largest absolute Gasteiger partial charge is 0.463 e. The van der Waals surface area contributed by atoms with E-state index in [-0.39, 0.29) is 11.0 Å². The van der Waals surface area contributed by atoms with E-state index in [1.54, 1.807) is 17.8 Å². The van der Waals surface area contributed by atoms with Crippen molar-refractivity contribution in [1.29, 1.82) is 0 Å². The van der Waals surface area contributed by atoms with Gasteiger partial charge in [0.15, 0.2) is 0 Å². The number of hydrogen-bond donors (Lipinski definition) is 0. The van der Waals surface area contributed by atoms with Gasteiger partial charge in [-0.25, -0.2) is 4.79 Å². The minimum Gasteiger partial charge on any atom is -0.463 e. The Morgan fingerprint density at radius 3 is 2.60 bits per heavy atom. The summed E-state index contributed by atoms with van der Waals surface area (Å²) >= 11 is 1.71. The second-order valence-corrected chi connectivity index (χ2v) is 6.11.